The minimum absolute atomic E-state index is 0.0126. The molecule has 0 radical (unpaired) electrons. The van der Waals surface area contributed by atoms with E-state index < -0.39 is 12.0 Å². The second-order valence-electron chi connectivity index (χ2n) is 8.76. The predicted molar refractivity (Wildman–Crippen MR) is 132 cm³/mol. The SMILES string of the molecule is CC(C)C(O)Nc1cncc(-c2ncc3[nH]nc(-c4nc5c(-c6ccoc6)cncc5[nH]4)c3c2F)c1. The number of halogens is 1. The lowest BCUT2D eigenvalue weighted by Gasteiger charge is -2.17. The zero-order chi connectivity index (χ0) is 24.8. The quantitative estimate of drug-likeness (QED) is 0.248. The first-order valence-corrected chi connectivity index (χ1v) is 11.3. The first kappa shape index (κ1) is 21.9. The van der Waals surface area contributed by atoms with Crippen LogP contribution in [0.15, 0.2) is 60.1 Å². The molecule has 6 rings (SSSR count). The molecule has 6 heterocycles. The summed E-state index contributed by atoms with van der Waals surface area (Å²) in [6.45, 7) is 3.77. The lowest BCUT2D eigenvalue weighted by atomic mass is 10.1. The van der Waals surface area contributed by atoms with E-state index in [4.69, 9.17) is 9.40 Å². The van der Waals surface area contributed by atoms with Gasteiger partial charge in [-0.3, -0.25) is 20.1 Å². The molecule has 0 aromatic carbocycles. The number of H-pyrrole nitrogens is 2. The number of nitrogens with one attached hydrogen (secondary N) is 3. The maximum absolute atomic E-state index is 15.9. The van der Waals surface area contributed by atoms with Gasteiger partial charge in [-0.25, -0.2) is 9.37 Å². The van der Waals surface area contributed by atoms with Crippen molar-refractivity contribution in [2.75, 3.05) is 5.32 Å². The van der Waals surface area contributed by atoms with E-state index in [2.05, 4.69) is 35.5 Å². The van der Waals surface area contributed by atoms with Crippen LogP contribution in [0.1, 0.15) is 13.8 Å². The Morgan fingerprint density at radius 2 is 1.89 bits per heavy atom. The monoisotopic (exact) mass is 484 g/mol. The van der Waals surface area contributed by atoms with Gasteiger partial charge >= 0.3 is 0 Å². The molecule has 0 amide bonds. The third-order valence-electron chi connectivity index (χ3n) is 5.95. The molecule has 0 saturated carbocycles. The number of aromatic nitrogens is 7. The molecule has 0 bridgehead atoms. The van der Waals surface area contributed by atoms with E-state index in [0.717, 1.165) is 11.1 Å². The van der Waals surface area contributed by atoms with Gasteiger partial charge in [0.1, 0.15) is 23.1 Å². The van der Waals surface area contributed by atoms with Crippen LogP contribution in [0.5, 0.6) is 0 Å². The van der Waals surface area contributed by atoms with E-state index in [-0.39, 0.29) is 17.0 Å². The van der Waals surface area contributed by atoms with Crippen molar-refractivity contribution < 1.29 is 13.9 Å². The van der Waals surface area contributed by atoms with Gasteiger partial charge < -0.3 is 19.8 Å². The highest BCUT2D eigenvalue weighted by atomic mass is 19.1. The number of fused-ring (bicyclic) bond motifs is 2. The van der Waals surface area contributed by atoms with Crippen LogP contribution in [0.25, 0.3) is 55.8 Å². The lowest BCUT2D eigenvalue weighted by Crippen LogP contribution is -2.24. The number of hydrogen-bond acceptors (Lipinski definition) is 8. The molecule has 36 heavy (non-hydrogen) atoms. The van der Waals surface area contributed by atoms with Gasteiger partial charge in [-0.2, -0.15) is 5.10 Å². The van der Waals surface area contributed by atoms with Crippen molar-refractivity contribution >= 4 is 27.6 Å². The number of nitrogens with zero attached hydrogens (tertiary/aromatic N) is 5. The first-order chi connectivity index (χ1) is 17.5. The highest BCUT2D eigenvalue weighted by molar-refractivity contribution is 5.97. The third-order valence-corrected chi connectivity index (χ3v) is 5.95. The molecule has 180 valence electrons. The summed E-state index contributed by atoms with van der Waals surface area (Å²) >= 11 is 0. The van der Waals surface area contributed by atoms with Crippen molar-refractivity contribution in [3.63, 3.8) is 0 Å². The van der Waals surface area contributed by atoms with Gasteiger partial charge in [0.05, 0.1) is 53.2 Å². The number of furan rings is 1. The number of aliphatic hydroxyl groups is 1. The number of pyridine rings is 3. The zero-order valence-electron chi connectivity index (χ0n) is 19.3. The predicted octanol–water partition coefficient (Wildman–Crippen LogP) is 4.74. The molecular weight excluding hydrogens is 463 g/mol. The Kier molecular flexibility index (Phi) is 5.19. The topological polar surface area (TPSA) is 141 Å². The number of anilines is 1. The van der Waals surface area contributed by atoms with Crippen molar-refractivity contribution in [2.45, 2.75) is 20.1 Å². The number of rotatable bonds is 6. The zero-order valence-corrected chi connectivity index (χ0v) is 19.3. The Hall–Kier alpha value is -4.64. The van der Waals surface area contributed by atoms with Crippen LogP contribution in [0.4, 0.5) is 10.1 Å². The molecule has 1 unspecified atom stereocenters. The average molecular weight is 484 g/mol. The summed E-state index contributed by atoms with van der Waals surface area (Å²) in [5.41, 5.74) is 4.83. The van der Waals surface area contributed by atoms with E-state index >= 15 is 4.39 Å². The first-order valence-electron chi connectivity index (χ1n) is 11.3. The fourth-order valence-electron chi connectivity index (χ4n) is 4.01. The van der Waals surface area contributed by atoms with Crippen LogP contribution in [-0.2, 0) is 0 Å². The summed E-state index contributed by atoms with van der Waals surface area (Å²) in [7, 11) is 0. The summed E-state index contributed by atoms with van der Waals surface area (Å²) in [6, 6.07) is 3.52. The van der Waals surface area contributed by atoms with Crippen LogP contribution in [-0.4, -0.2) is 46.5 Å². The van der Waals surface area contributed by atoms with Crippen molar-refractivity contribution in [3.05, 3.63) is 61.5 Å². The molecule has 0 fully saturated rings. The van der Waals surface area contributed by atoms with E-state index in [0.29, 0.717) is 39.3 Å². The molecule has 0 spiro atoms. The Bertz CT molecular complexity index is 1690. The lowest BCUT2D eigenvalue weighted by molar-refractivity contribution is 0.153. The Balaban J connectivity index is 1.45. The molecule has 0 saturated heterocycles. The van der Waals surface area contributed by atoms with Gasteiger partial charge in [0, 0.05) is 29.1 Å². The standard InChI is InChI=1S/C25H21FN8O2/c1-12(2)25(35)30-15-5-14(6-27-7-15)21-20(26)19-17(10-29-21)33-34-23(19)24-31-18-9-28-8-16(22(18)32-24)13-3-4-36-11-13/h3-12,25,30,35H,1-2H3,(H,31,32)(H,33,34). The molecule has 4 N–H and O–H groups in total. The summed E-state index contributed by atoms with van der Waals surface area (Å²) in [5.74, 6) is -0.187. The second kappa shape index (κ2) is 8.54. The highest BCUT2D eigenvalue weighted by Crippen LogP contribution is 2.34. The fourth-order valence-corrected chi connectivity index (χ4v) is 4.01. The number of aromatic amines is 2. The van der Waals surface area contributed by atoms with Gasteiger partial charge in [-0.1, -0.05) is 13.8 Å². The third kappa shape index (κ3) is 3.66. The van der Waals surface area contributed by atoms with Crippen molar-refractivity contribution in [3.8, 4) is 33.9 Å². The van der Waals surface area contributed by atoms with E-state index in [1.165, 1.54) is 12.4 Å². The minimum atomic E-state index is -0.766. The average Bonchev–Trinajstić information content (AvgIpc) is 3.63. The molecule has 1 atom stereocenters. The van der Waals surface area contributed by atoms with E-state index in [1.54, 1.807) is 37.2 Å². The summed E-state index contributed by atoms with van der Waals surface area (Å²) in [5, 5.41) is 20.5. The summed E-state index contributed by atoms with van der Waals surface area (Å²) in [4.78, 5) is 20.7. The number of aliphatic hydroxyl groups excluding tert-OH is 1. The van der Waals surface area contributed by atoms with Crippen LogP contribution in [0.2, 0.25) is 0 Å². The van der Waals surface area contributed by atoms with Gasteiger partial charge in [-0.05, 0) is 18.1 Å². The van der Waals surface area contributed by atoms with Gasteiger partial charge in [-0.15, -0.1) is 0 Å². The van der Waals surface area contributed by atoms with Crippen LogP contribution in [0.3, 0.4) is 0 Å². The van der Waals surface area contributed by atoms with Crippen LogP contribution < -0.4 is 5.32 Å². The fraction of sp³-hybridized carbons (Fsp3) is 0.160. The molecule has 6 aromatic heterocycles. The Morgan fingerprint density at radius 3 is 2.69 bits per heavy atom. The molecule has 6 aromatic rings. The van der Waals surface area contributed by atoms with E-state index in [1.807, 2.05) is 19.9 Å². The largest absolute Gasteiger partial charge is 0.472 e. The molecular formula is C25H21FN8O2. The smallest absolute Gasteiger partial charge is 0.161 e. The van der Waals surface area contributed by atoms with Gasteiger partial charge in [0.25, 0.3) is 0 Å². The van der Waals surface area contributed by atoms with Gasteiger partial charge in [0.2, 0.25) is 0 Å². The maximum atomic E-state index is 15.9. The molecule has 0 aliphatic rings. The molecule has 10 nitrogen and oxygen atoms in total. The van der Waals surface area contributed by atoms with Crippen LogP contribution >= 0.6 is 0 Å². The Labute approximate surface area is 203 Å². The molecule has 11 heteroatoms. The van der Waals surface area contributed by atoms with Crippen LogP contribution in [0, 0.1) is 11.7 Å². The molecule has 0 aliphatic carbocycles. The maximum Gasteiger partial charge on any atom is 0.161 e. The number of imidazole rings is 1. The van der Waals surface area contributed by atoms with Crippen molar-refractivity contribution in [1.82, 2.24) is 35.1 Å². The Morgan fingerprint density at radius 1 is 1.03 bits per heavy atom. The second-order valence-corrected chi connectivity index (χ2v) is 8.76. The van der Waals surface area contributed by atoms with E-state index in [9.17, 15) is 5.11 Å². The minimum Gasteiger partial charge on any atom is -0.472 e. The summed E-state index contributed by atoms with van der Waals surface area (Å²) in [6.07, 6.45) is 10.4. The van der Waals surface area contributed by atoms with Crippen molar-refractivity contribution in [1.29, 1.82) is 0 Å². The highest BCUT2D eigenvalue weighted by Gasteiger charge is 2.22. The number of hydrogen-bond donors (Lipinski definition) is 4. The van der Waals surface area contributed by atoms with Crippen molar-refractivity contribution in [2.24, 2.45) is 5.92 Å². The summed E-state index contributed by atoms with van der Waals surface area (Å²) < 4.78 is 21.1. The molecule has 0 aliphatic heterocycles. The normalized spacial score (nSPS) is 12.6. The van der Waals surface area contributed by atoms with Gasteiger partial charge in [0.15, 0.2) is 11.6 Å².